The Kier molecular flexibility index (Phi) is 5.62. The van der Waals surface area contributed by atoms with Gasteiger partial charge in [-0.2, -0.15) is 0 Å². The van der Waals surface area contributed by atoms with Crippen molar-refractivity contribution in [3.05, 3.63) is 42.0 Å². The van der Waals surface area contributed by atoms with Crippen molar-refractivity contribution in [2.24, 2.45) is 0 Å². The fourth-order valence-electron chi connectivity index (χ4n) is 2.14. The third-order valence-electron chi connectivity index (χ3n) is 3.19. The minimum Gasteiger partial charge on any atom is -0.493 e. The first-order valence-corrected chi connectivity index (χ1v) is 7.19. The second-order valence-electron chi connectivity index (χ2n) is 4.81. The molecule has 1 heterocycles. The van der Waals surface area contributed by atoms with Crippen LogP contribution in [-0.4, -0.2) is 31.6 Å². The first kappa shape index (κ1) is 14.6. The van der Waals surface area contributed by atoms with E-state index in [2.05, 4.69) is 17.6 Å². The number of carbonyl (C=O) groups excluding carboxylic acids is 1. The normalized spacial score (nSPS) is 17.1. The number of nitrogens with one attached hydrogen (secondary N) is 2. The number of benzene rings is 1. The maximum Gasteiger partial charge on any atom is 0.241 e. The zero-order chi connectivity index (χ0) is 14.2. The van der Waals surface area contributed by atoms with Crippen molar-refractivity contribution in [3.8, 4) is 5.75 Å². The Labute approximate surface area is 120 Å². The molecule has 4 nitrogen and oxygen atoms in total. The first-order chi connectivity index (χ1) is 9.81. The summed E-state index contributed by atoms with van der Waals surface area (Å²) in [5, 5.41) is 6.04. The molecule has 0 saturated carbocycles. The van der Waals surface area contributed by atoms with E-state index in [1.807, 2.05) is 36.4 Å². The lowest BCUT2D eigenvalue weighted by atomic mass is 10.1. The van der Waals surface area contributed by atoms with E-state index in [1.54, 1.807) is 0 Å². The van der Waals surface area contributed by atoms with Crippen LogP contribution in [0.2, 0.25) is 0 Å². The van der Waals surface area contributed by atoms with E-state index in [9.17, 15) is 4.79 Å². The lowest BCUT2D eigenvalue weighted by molar-refractivity contribution is -0.121. The van der Waals surface area contributed by atoms with Gasteiger partial charge in [0.05, 0.1) is 6.61 Å². The standard InChI is InChI=1S/C16H22N2O2/c1-2-12-20-15-8-4-3-6-13(15)9-11-18-16(19)14-7-5-10-17-14/h3-8,14,17H,2,9-12H2,1H3,(H,18,19)/t14-/m0/s1. The fraction of sp³-hybridized carbons (Fsp3) is 0.438. The molecule has 1 amide bonds. The van der Waals surface area contributed by atoms with Crippen molar-refractivity contribution < 1.29 is 9.53 Å². The van der Waals surface area contributed by atoms with E-state index in [-0.39, 0.29) is 11.9 Å². The summed E-state index contributed by atoms with van der Waals surface area (Å²) in [7, 11) is 0. The number of carbonyl (C=O) groups is 1. The summed E-state index contributed by atoms with van der Waals surface area (Å²) >= 11 is 0. The molecule has 1 aromatic carbocycles. The Morgan fingerprint density at radius 3 is 3.05 bits per heavy atom. The molecule has 1 aliphatic heterocycles. The molecule has 0 aliphatic carbocycles. The third kappa shape index (κ3) is 4.10. The number of hydrogen-bond donors (Lipinski definition) is 2. The molecule has 0 aromatic heterocycles. The molecule has 0 unspecified atom stereocenters. The Morgan fingerprint density at radius 1 is 1.45 bits per heavy atom. The van der Waals surface area contributed by atoms with Gasteiger partial charge in [0.25, 0.3) is 0 Å². The van der Waals surface area contributed by atoms with Gasteiger partial charge in [0.15, 0.2) is 0 Å². The van der Waals surface area contributed by atoms with Crippen LogP contribution in [-0.2, 0) is 11.2 Å². The number of amides is 1. The van der Waals surface area contributed by atoms with Gasteiger partial charge in [0.2, 0.25) is 5.91 Å². The highest BCUT2D eigenvalue weighted by Gasteiger charge is 2.16. The lowest BCUT2D eigenvalue weighted by Crippen LogP contribution is -2.41. The predicted molar refractivity (Wildman–Crippen MR) is 79.9 cm³/mol. The summed E-state index contributed by atoms with van der Waals surface area (Å²) < 4.78 is 5.71. The number of hydrogen-bond acceptors (Lipinski definition) is 3. The third-order valence-corrected chi connectivity index (χ3v) is 3.19. The first-order valence-electron chi connectivity index (χ1n) is 7.19. The van der Waals surface area contributed by atoms with Gasteiger partial charge >= 0.3 is 0 Å². The van der Waals surface area contributed by atoms with Crippen LogP contribution in [0.1, 0.15) is 18.9 Å². The predicted octanol–water partition coefficient (Wildman–Crippen LogP) is 1.66. The number of ether oxygens (including phenoxy) is 1. The molecule has 108 valence electrons. The molecule has 2 rings (SSSR count). The van der Waals surface area contributed by atoms with E-state index in [0.29, 0.717) is 6.54 Å². The van der Waals surface area contributed by atoms with Gasteiger partial charge in [-0.1, -0.05) is 37.3 Å². The highest BCUT2D eigenvalue weighted by Crippen LogP contribution is 2.18. The van der Waals surface area contributed by atoms with E-state index in [4.69, 9.17) is 4.74 Å². The summed E-state index contributed by atoms with van der Waals surface area (Å²) in [6.45, 7) is 4.20. The molecule has 1 atom stereocenters. The Hall–Kier alpha value is -1.81. The molecule has 2 N–H and O–H groups in total. The van der Waals surface area contributed by atoms with Crippen molar-refractivity contribution >= 4 is 5.91 Å². The van der Waals surface area contributed by atoms with Gasteiger partial charge in [-0.15, -0.1) is 0 Å². The SMILES string of the molecule is CCCOc1ccccc1CCNC(=O)[C@@H]1C=CCN1. The van der Waals surface area contributed by atoms with Crippen LogP contribution in [0.5, 0.6) is 5.75 Å². The van der Waals surface area contributed by atoms with Crippen molar-refractivity contribution in [1.29, 1.82) is 0 Å². The molecule has 0 bridgehead atoms. The zero-order valence-corrected chi connectivity index (χ0v) is 11.9. The van der Waals surface area contributed by atoms with Gasteiger partial charge in [0.1, 0.15) is 11.8 Å². The molecule has 0 radical (unpaired) electrons. The van der Waals surface area contributed by atoms with Gasteiger partial charge < -0.3 is 10.1 Å². The zero-order valence-electron chi connectivity index (χ0n) is 11.9. The van der Waals surface area contributed by atoms with E-state index in [1.165, 1.54) is 0 Å². The maximum atomic E-state index is 11.8. The van der Waals surface area contributed by atoms with Gasteiger partial charge in [-0.25, -0.2) is 0 Å². The quantitative estimate of drug-likeness (QED) is 0.744. The molecule has 0 fully saturated rings. The molecule has 0 saturated heterocycles. The largest absolute Gasteiger partial charge is 0.493 e. The summed E-state index contributed by atoms with van der Waals surface area (Å²) in [5.41, 5.74) is 1.14. The van der Waals surface area contributed by atoms with Crippen LogP contribution in [0, 0.1) is 0 Å². The highest BCUT2D eigenvalue weighted by atomic mass is 16.5. The minimum absolute atomic E-state index is 0.0331. The molecule has 0 spiro atoms. The van der Waals surface area contributed by atoms with Gasteiger partial charge in [0, 0.05) is 13.1 Å². The monoisotopic (exact) mass is 274 g/mol. The number of rotatable bonds is 7. The minimum atomic E-state index is -0.179. The Balaban J connectivity index is 1.81. The van der Waals surface area contributed by atoms with Crippen LogP contribution in [0.3, 0.4) is 0 Å². The smallest absolute Gasteiger partial charge is 0.241 e. The van der Waals surface area contributed by atoms with Crippen molar-refractivity contribution in [3.63, 3.8) is 0 Å². The van der Waals surface area contributed by atoms with Gasteiger partial charge in [-0.3, -0.25) is 10.1 Å². The van der Waals surface area contributed by atoms with Crippen LogP contribution in [0.25, 0.3) is 0 Å². The number of para-hydroxylation sites is 1. The molecule has 4 heteroatoms. The molecule has 20 heavy (non-hydrogen) atoms. The fourth-order valence-corrected chi connectivity index (χ4v) is 2.14. The van der Waals surface area contributed by atoms with E-state index >= 15 is 0 Å². The molecular weight excluding hydrogens is 252 g/mol. The van der Waals surface area contributed by atoms with Crippen molar-refractivity contribution in [2.75, 3.05) is 19.7 Å². The summed E-state index contributed by atoms with van der Waals surface area (Å²) in [4.78, 5) is 11.8. The summed E-state index contributed by atoms with van der Waals surface area (Å²) in [5.74, 6) is 0.952. The average molecular weight is 274 g/mol. The van der Waals surface area contributed by atoms with Crippen LogP contribution in [0.4, 0.5) is 0 Å². The summed E-state index contributed by atoms with van der Waals surface area (Å²) in [6.07, 6.45) is 5.64. The van der Waals surface area contributed by atoms with Gasteiger partial charge in [-0.05, 0) is 24.5 Å². The van der Waals surface area contributed by atoms with Crippen LogP contribution < -0.4 is 15.4 Å². The average Bonchev–Trinajstić information content (AvgIpc) is 3.00. The molecule has 1 aromatic rings. The van der Waals surface area contributed by atoms with Crippen molar-refractivity contribution in [1.82, 2.24) is 10.6 Å². The molecule has 1 aliphatic rings. The second-order valence-corrected chi connectivity index (χ2v) is 4.81. The second kappa shape index (κ2) is 7.70. The van der Waals surface area contributed by atoms with E-state index in [0.717, 1.165) is 37.3 Å². The van der Waals surface area contributed by atoms with Crippen LogP contribution >= 0.6 is 0 Å². The maximum absolute atomic E-state index is 11.8. The Bertz CT molecular complexity index is 471. The lowest BCUT2D eigenvalue weighted by Gasteiger charge is -2.13. The van der Waals surface area contributed by atoms with Crippen LogP contribution in [0.15, 0.2) is 36.4 Å². The Morgan fingerprint density at radius 2 is 2.30 bits per heavy atom. The van der Waals surface area contributed by atoms with Crippen molar-refractivity contribution in [2.45, 2.75) is 25.8 Å². The summed E-state index contributed by atoms with van der Waals surface area (Å²) in [6, 6.07) is 7.82. The van der Waals surface area contributed by atoms with E-state index < -0.39 is 0 Å². The molecular formula is C16H22N2O2. The highest BCUT2D eigenvalue weighted by molar-refractivity contribution is 5.84. The topological polar surface area (TPSA) is 50.4 Å².